The van der Waals surface area contributed by atoms with Gasteiger partial charge < -0.3 is 10.2 Å². The smallest absolute Gasteiger partial charge is 0.315 e. The van der Waals surface area contributed by atoms with Crippen LogP contribution >= 0.6 is 0 Å². The molecule has 0 atom stereocenters. The van der Waals surface area contributed by atoms with Crippen molar-refractivity contribution in [2.45, 2.75) is 51.5 Å². The molecule has 30 heavy (non-hydrogen) atoms. The normalized spacial score (nSPS) is 15.6. The molecule has 7 nitrogen and oxygen atoms in total. The largest absolute Gasteiger partial charge is 0.322 e. The highest BCUT2D eigenvalue weighted by Gasteiger charge is 2.45. The average molecular weight is 405 g/mol. The number of urea groups is 1. The first kappa shape index (κ1) is 20.1. The average Bonchev–Trinajstić information content (AvgIpc) is 3.24. The van der Waals surface area contributed by atoms with Gasteiger partial charge >= 0.3 is 6.03 Å². The molecule has 1 aliphatic carbocycles. The molecule has 0 saturated heterocycles. The zero-order valence-electron chi connectivity index (χ0n) is 17.8. The molecule has 3 aromatic rings. The van der Waals surface area contributed by atoms with Crippen LogP contribution in [0.3, 0.4) is 0 Å². The lowest BCUT2D eigenvalue weighted by Gasteiger charge is -2.43. The van der Waals surface area contributed by atoms with E-state index in [4.69, 9.17) is 0 Å². The van der Waals surface area contributed by atoms with Gasteiger partial charge in [0.1, 0.15) is 5.54 Å². The van der Waals surface area contributed by atoms with Gasteiger partial charge in [0.15, 0.2) is 5.82 Å². The summed E-state index contributed by atoms with van der Waals surface area (Å²) in [5.41, 5.74) is 3.44. The maximum atomic E-state index is 13.2. The van der Waals surface area contributed by atoms with E-state index in [1.165, 1.54) is 0 Å². The predicted molar refractivity (Wildman–Crippen MR) is 117 cm³/mol. The van der Waals surface area contributed by atoms with Crippen molar-refractivity contribution in [3.05, 3.63) is 65.5 Å². The number of rotatable bonds is 4. The first-order valence-corrected chi connectivity index (χ1v) is 10.5. The molecule has 0 aliphatic heterocycles. The molecule has 156 valence electrons. The standard InChI is InChI=1S/C23H28N6O/c1-17-14-18(2)16-20(15-17)29-21(25-26-27-29)23(12-8-5-9-13-23)28(3)22(30)24-19-10-6-4-7-11-19/h4,6-7,10-11,14-16H,5,8-9,12-13H2,1-3H3,(H,24,30). The van der Waals surface area contributed by atoms with Crippen molar-refractivity contribution in [2.24, 2.45) is 0 Å². The van der Waals surface area contributed by atoms with E-state index in [1.807, 2.05) is 37.4 Å². The van der Waals surface area contributed by atoms with Gasteiger partial charge in [-0.2, -0.15) is 4.68 Å². The van der Waals surface area contributed by atoms with Gasteiger partial charge in [-0.15, -0.1) is 5.10 Å². The number of anilines is 1. The number of benzene rings is 2. The highest BCUT2D eigenvalue weighted by Crippen LogP contribution is 2.41. The summed E-state index contributed by atoms with van der Waals surface area (Å²) in [6.07, 6.45) is 4.88. The number of para-hydroxylation sites is 1. The molecule has 1 aromatic heterocycles. The number of amides is 2. The van der Waals surface area contributed by atoms with Crippen LogP contribution in [0.25, 0.3) is 5.69 Å². The fraction of sp³-hybridized carbons (Fsp3) is 0.391. The third kappa shape index (κ3) is 3.79. The van der Waals surface area contributed by atoms with Gasteiger partial charge in [-0.1, -0.05) is 43.5 Å². The molecule has 2 amide bonds. The van der Waals surface area contributed by atoms with Crippen molar-refractivity contribution < 1.29 is 4.79 Å². The van der Waals surface area contributed by atoms with Crippen LogP contribution < -0.4 is 5.32 Å². The van der Waals surface area contributed by atoms with Crippen molar-refractivity contribution in [1.82, 2.24) is 25.1 Å². The van der Waals surface area contributed by atoms with Crippen LogP contribution in [0.4, 0.5) is 10.5 Å². The lowest BCUT2D eigenvalue weighted by molar-refractivity contribution is 0.0936. The molecule has 1 fully saturated rings. The van der Waals surface area contributed by atoms with E-state index in [-0.39, 0.29) is 6.03 Å². The van der Waals surface area contributed by atoms with E-state index >= 15 is 0 Å². The zero-order valence-corrected chi connectivity index (χ0v) is 17.8. The van der Waals surface area contributed by atoms with E-state index < -0.39 is 5.54 Å². The first-order valence-electron chi connectivity index (χ1n) is 10.5. The SMILES string of the molecule is Cc1cc(C)cc(-n2nnnc2C2(N(C)C(=O)Nc3ccccc3)CCCCC2)c1. The first-order chi connectivity index (χ1) is 14.5. The molecule has 1 heterocycles. The Morgan fingerprint density at radius 1 is 1.03 bits per heavy atom. The third-order valence-corrected chi connectivity index (χ3v) is 5.99. The summed E-state index contributed by atoms with van der Waals surface area (Å²) in [5.74, 6) is 0.720. The van der Waals surface area contributed by atoms with Crippen LogP contribution in [0, 0.1) is 13.8 Å². The fourth-order valence-corrected chi connectivity index (χ4v) is 4.49. The molecule has 4 rings (SSSR count). The van der Waals surface area contributed by atoms with Crippen molar-refractivity contribution in [3.8, 4) is 5.69 Å². The summed E-state index contributed by atoms with van der Waals surface area (Å²) < 4.78 is 1.80. The van der Waals surface area contributed by atoms with Gasteiger partial charge in [-0.3, -0.25) is 0 Å². The molecular weight excluding hydrogens is 376 g/mol. The second-order valence-corrected chi connectivity index (χ2v) is 8.21. The number of hydrogen-bond donors (Lipinski definition) is 1. The summed E-state index contributed by atoms with van der Waals surface area (Å²) in [6.45, 7) is 4.13. The molecule has 0 spiro atoms. The minimum atomic E-state index is -0.557. The van der Waals surface area contributed by atoms with Crippen molar-refractivity contribution in [3.63, 3.8) is 0 Å². The zero-order chi connectivity index (χ0) is 21.1. The molecule has 1 N–H and O–H groups in total. The van der Waals surface area contributed by atoms with Gasteiger partial charge in [-0.05, 0) is 72.5 Å². The van der Waals surface area contributed by atoms with E-state index in [0.29, 0.717) is 0 Å². The number of nitrogens with zero attached hydrogens (tertiary/aromatic N) is 5. The Kier molecular flexibility index (Phi) is 5.53. The summed E-state index contributed by atoms with van der Waals surface area (Å²) in [7, 11) is 1.85. The summed E-state index contributed by atoms with van der Waals surface area (Å²) in [4.78, 5) is 15.0. The highest BCUT2D eigenvalue weighted by molar-refractivity contribution is 5.89. The second-order valence-electron chi connectivity index (χ2n) is 8.21. The lowest BCUT2D eigenvalue weighted by atomic mass is 9.79. The minimum Gasteiger partial charge on any atom is -0.315 e. The second kappa shape index (κ2) is 8.26. The molecule has 0 radical (unpaired) electrons. The Bertz CT molecular complexity index is 1000. The van der Waals surface area contributed by atoms with Gasteiger partial charge in [0.05, 0.1) is 5.69 Å². The molecule has 7 heteroatoms. The number of nitrogens with one attached hydrogen (secondary N) is 1. The predicted octanol–water partition coefficient (Wildman–Crippen LogP) is 4.60. The summed E-state index contributed by atoms with van der Waals surface area (Å²) in [6, 6.07) is 15.7. The summed E-state index contributed by atoms with van der Waals surface area (Å²) >= 11 is 0. The molecular formula is C23H28N6O. The number of hydrogen-bond acceptors (Lipinski definition) is 4. The van der Waals surface area contributed by atoms with Crippen molar-refractivity contribution in [2.75, 3.05) is 12.4 Å². The summed E-state index contributed by atoms with van der Waals surface area (Å²) in [5, 5.41) is 15.8. The third-order valence-electron chi connectivity index (χ3n) is 5.99. The van der Waals surface area contributed by atoms with Crippen LogP contribution in [0.1, 0.15) is 49.1 Å². The molecule has 0 unspecified atom stereocenters. The van der Waals surface area contributed by atoms with Gasteiger partial charge in [0, 0.05) is 12.7 Å². The molecule has 1 aliphatic rings. The topological polar surface area (TPSA) is 75.9 Å². The maximum absolute atomic E-state index is 13.2. The van der Waals surface area contributed by atoms with E-state index in [0.717, 1.165) is 60.4 Å². The van der Waals surface area contributed by atoms with Crippen LogP contribution in [0.15, 0.2) is 48.5 Å². The minimum absolute atomic E-state index is 0.155. The lowest BCUT2D eigenvalue weighted by Crippen LogP contribution is -2.51. The Hall–Kier alpha value is -3.22. The highest BCUT2D eigenvalue weighted by atomic mass is 16.2. The van der Waals surface area contributed by atoms with E-state index in [2.05, 4.69) is 52.9 Å². The van der Waals surface area contributed by atoms with Crippen molar-refractivity contribution in [1.29, 1.82) is 0 Å². The molecule has 1 saturated carbocycles. The number of carbonyl (C=O) groups excluding carboxylic acids is 1. The van der Waals surface area contributed by atoms with Crippen LogP contribution in [-0.4, -0.2) is 38.2 Å². The Morgan fingerprint density at radius 3 is 2.37 bits per heavy atom. The van der Waals surface area contributed by atoms with E-state index in [1.54, 1.807) is 9.58 Å². The van der Waals surface area contributed by atoms with Gasteiger partial charge in [0.2, 0.25) is 0 Å². The Labute approximate surface area is 177 Å². The van der Waals surface area contributed by atoms with Gasteiger partial charge in [-0.25, -0.2) is 4.79 Å². The number of tetrazole rings is 1. The van der Waals surface area contributed by atoms with Crippen molar-refractivity contribution >= 4 is 11.7 Å². The van der Waals surface area contributed by atoms with Crippen LogP contribution in [0.2, 0.25) is 0 Å². The molecule has 2 aromatic carbocycles. The van der Waals surface area contributed by atoms with Gasteiger partial charge in [0.25, 0.3) is 0 Å². The number of carbonyl (C=O) groups is 1. The quantitative estimate of drug-likeness (QED) is 0.689. The van der Waals surface area contributed by atoms with E-state index in [9.17, 15) is 4.79 Å². The number of aryl methyl sites for hydroxylation is 2. The molecule has 0 bridgehead atoms. The fourth-order valence-electron chi connectivity index (χ4n) is 4.49. The Balaban J connectivity index is 1.73. The Morgan fingerprint density at radius 2 is 1.70 bits per heavy atom. The monoisotopic (exact) mass is 404 g/mol. The number of aromatic nitrogens is 4. The maximum Gasteiger partial charge on any atom is 0.322 e. The van der Waals surface area contributed by atoms with Crippen LogP contribution in [0.5, 0.6) is 0 Å². The van der Waals surface area contributed by atoms with Crippen LogP contribution in [-0.2, 0) is 5.54 Å².